The molecule has 11 heteroatoms. The summed E-state index contributed by atoms with van der Waals surface area (Å²) in [6, 6.07) is 6.81. The van der Waals surface area contributed by atoms with Gasteiger partial charge in [0.1, 0.15) is 5.54 Å². The maximum absolute atomic E-state index is 13.2. The lowest BCUT2D eigenvalue weighted by atomic mass is 10.1. The van der Waals surface area contributed by atoms with Gasteiger partial charge >= 0.3 is 6.03 Å². The zero-order chi connectivity index (χ0) is 22.2. The van der Waals surface area contributed by atoms with Crippen molar-refractivity contribution in [3.8, 4) is 0 Å². The molecule has 0 aromatic heterocycles. The average Bonchev–Trinajstić information content (AvgIpc) is 3.23. The first-order chi connectivity index (χ1) is 14.7. The number of benzene rings is 1. The first-order valence-corrected chi connectivity index (χ1v) is 13.1. The van der Waals surface area contributed by atoms with Crippen LogP contribution in [0.25, 0.3) is 0 Å². The highest BCUT2D eigenvalue weighted by molar-refractivity contribution is 7.99. The monoisotopic (exact) mass is 466 g/mol. The van der Waals surface area contributed by atoms with E-state index in [1.807, 2.05) is 18.2 Å². The predicted molar refractivity (Wildman–Crippen MR) is 117 cm³/mol. The third-order valence-electron chi connectivity index (χ3n) is 6.08. The van der Waals surface area contributed by atoms with Gasteiger partial charge < -0.3 is 10.2 Å². The molecule has 3 aliphatic rings. The van der Waals surface area contributed by atoms with Crippen LogP contribution in [0.1, 0.15) is 23.7 Å². The number of hydrogen-bond acceptors (Lipinski definition) is 7. The summed E-state index contributed by atoms with van der Waals surface area (Å²) in [5, 5.41) is 4.88. The third-order valence-corrected chi connectivity index (χ3v) is 9.22. The molecule has 0 spiro atoms. The first-order valence-electron chi connectivity index (χ1n) is 10.3. The van der Waals surface area contributed by atoms with E-state index in [0.29, 0.717) is 43.9 Å². The number of sulfone groups is 1. The molecule has 0 aliphatic carbocycles. The Balaban J connectivity index is 1.38. The van der Waals surface area contributed by atoms with Crippen LogP contribution in [-0.2, 0) is 14.6 Å². The van der Waals surface area contributed by atoms with Crippen molar-refractivity contribution in [3.05, 3.63) is 29.8 Å². The van der Waals surface area contributed by atoms with E-state index in [-0.39, 0.29) is 29.4 Å². The van der Waals surface area contributed by atoms with E-state index in [1.165, 1.54) is 11.8 Å². The smallest absolute Gasteiger partial charge is 0.322 e. The molecule has 168 valence electrons. The predicted octanol–water partition coefficient (Wildman–Crippen LogP) is 0.322. The first kappa shape index (κ1) is 22.1. The Morgan fingerprint density at radius 3 is 2.52 bits per heavy atom. The van der Waals surface area contributed by atoms with Gasteiger partial charge in [-0.15, -0.1) is 11.8 Å². The van der Waals surface area contributed by atoms with Crippen molar-refractivity contribution in [1.82, 2.24) is 20.4 Å². The minimum atomic E-state index is -2.93. The van der Waals surface area contributed by atoms with Crippen LogP contribution in [0.5, 0.6) is 0 Å². The fourth-order valence-electron chi connectivity index (χ4n) is 4.20. The summed E-state index contributed by atoms with van der Waals surface area (Å²) in [6.45, 7) is 4.07. The minimum absolute atomic E-state index is 0.0543. The highest BCUT2D eigenvalue weighted by atomic mass is 32.2. The van der Waals surface area contributed by atoms with E-state index in [2.05, 4.69) is 15.5 Å². The summed E-state index contributed by atoms with van der Waals surface area (Å²) < 4.78 is 23.5. The lowest BCUT2D eigenvalue weighted by molar-refractivity contribution is -0.122. The van der Waals surface area contributed by atoms with E-state index >= 15 is 0 Å². The number of nitrogens with zero attached hydrogens (tertiary/aromatic N) is 2. The minimum Gasteiger partial charge on any atom is -0.336 e. The highest BCUT2D eigenvalue weighted by Gasteiger charge is 2.42. The number of piperazine rings is 1. The Bertz CT molecular complexity index is 1010. The van der Waals surface area contributed by atoms with Gasteiger partial charge in [0.25, 0.3) is 11.8 Å². The lowest BCUT2D eigenvalue weighted by Gasteiger charge is -2.37. The van der Waals surface area contributed by atoms with Crippen LogP contribution >= 0.6 is 11.8 Å². The van der Waals surface area contributed by atoms with Crippen molar-refractivity contribution < 1.29 is 22.8 Å². The molecule has 9 nitrogen and oxygen atoms in total. The summed E-state index contributed by atoms with van der Waals surface area (Å²) in [4.78, 5) is 41.4. The molecular weight excluding hydrogens is 440 g/mol. The zero-order valence-electron chi connectivity index (χ0n) is 17.3. The van der Waals surface area contributed by atoms with Crippen molar-refractivity contribution >= 4 is 39.4 Å². The quantitative estimate of drug-likeness (QED) is 0.474. The number of urea groups is 1. The molecule has 0 bridgehead atoms. The standard InChI is InChI=1S/C20H26N4O5S2/c1-20(18(26)21-19(27)22-20)13-30-16-5-3-2-4-15(16)17(25)24-9-7-23(8-10-24)14-6-11-31(28,29)12-14/h2-5,14H,6-13H2,1H3,(H2,21,22,26,27)/t14-,20+/m1/s1. The molecule has 3 fully saturated rings. The van der Waals surface area contributed by atoms with Gasteiger partial charge in [-0.25, -0.2) is 13.2 Å². The molecule has 4 amide bonds. The third kappa shape index (κ3) is 4.73. The molecule has 0 saturated carbocycles. The Morgan fingerprint density at radius 1 is 1.19 bits per heavy atom. The van der Waals surface area contributed by atoms with Crippen LogP contribution < -0.4 is 10.6 Å². The number of carbonyl (C=O) groups excluding carboxylic acids is 3. The summed E-state index contributed by atoms with van der Waals surface area (Å²) in [5.74, 6) is 0.312. The second-order valence-electron chi connectivity index (χ2n) is 8.41. The van der Waals surface area contributed by atoms with Crippen LogP contribution in [0.2, 0.25) is 0 Å². The zero-order valence-corrected chi connectivity index (χ0v) is 18.9. The van der Waals surface area contributed by atoms with Gasteiger partial charge in [-0.2, -0.15) is 0 Å². The molecule has 1 aromatic rings. The van der Waals surface area contributed by atoms with Gasteiger partial charge in [0, 0.05) is 42.9 Å². The van der Waals surface area contributed by atoms with E-state index in [4.69, 9.17) is 0 Å². The molecule has 0 unspecified atom stereocenters. The Labute approximate surface area is 185 Å². The fraction of sp³-hybridized carbons (Fsp3) is 0.550. The molecule has 3 aliphatic heterocycles. The van der Waals surface area contributed by atoms with Gasteiger partial charge in [-0.1, -0.05) is 12.1 Å². The van der Waals surface area contributed by atoms with Crippen molar-refractivity contribution in [2.24, 2.45) is 0 Å². The van der Waals surface area contributed by atoms with Gasteiger partial charge in [0.05, 0.1) is 17.1 Å². The molecule has 31 heavy (non-hydrogen) atoms. The maximum atomic E-state index is 13.2. The highest BCUT2D eigenvalue weighted by Crippen LogP contribution is 2.29. The molecular formula is C20H26N4O5S2. The molecule has 4 rings (SSSR count). The topological polar surface area (TPSA) is 116 Å². The average molecular weight is 467 g/mol. The van der Waals surface area contributed by atoms with Gasteiger partial charge in [0.15, 0.2) is 9.84 Å². The number of imide groups is 1. The molecule has 2 atom stereocenters. The van der Waals surface area contributed by atoms with Crippen molar-refractivity contribution in [1.29, 1.82) is 0 Å². The molecule has 0 radical (unpaired) electrons. The van der Waals surface area contributed by atoms with E-state index in [0.717, 1.165) is 4.90 Å². The van der Waals surface area contributed by atoms with Crippen molar-refractivity contribution in [2.75, 3.05) is 43.4 Å². The number of hydrogen-bond donors (Lipinski definition) is 2. The largest absolute Gasteiger partial charge is 0.336 e. The fourth-order valence-corrected chi connectivity index (χ4v) is 7.09. The van der Waals surface area contributed by atoms with Crippen molar-refractivity contribution in [3.63, 3.8) is 0 Å². The number of thioether (sulfide) groups is 1. The van der Waals surface area contributed by atoms with Crippen LogP contribution in [0.4, 0.5) is 4.79 Å². The summed E-state index contributed by atoms with van der Waals surface area (Å²) in [5.41, 5.74) is -0.455. The second-order valence-corrected chi connectivity index (χ2v) is 11.7. The van der Waals surface area contributed by atoms with Crippen LogP contribution in [0.3, 0.4) is 0 Å². The number of nitrogens with one attached hydrogen (secondary N) is 2. The molecule has 2 N–H and O–H groups in total. The SMILES string of the molecule is C[C@@]1(CSc2ccccc2C(=O)N2CCN([C@@H]3CCS(=O)(=O)C3)CC2)NC(=O)NC1=O. The Kier molecular flexibility index (Phi) is 6.01. The van der Waals surface area contributed by atoms with E-state index < -0.39 is 21.4 Å². The van der Waals surface area contributed by atoms with E-state index in [9.17, 15) is 22.8 Å². The van der Waals surface area contributed by atoms with Gasteiger partial charge in [-0.3, -0.25) is 19.8 Å². The maximum Gasteiger partial charge on any atom is 0.322 e. The van der Waals surface area contributed by atoms with Gasteiger partial charge in [0.2, 0.25) is 0 Å². The molecule has 3 saturated heterocycles. The van der Waals surface area contributed by atoms with Crippen LogP contribution in [0, 0.1) is 0 Å². The normalized spacial score (nSPS) is 28.4. The number of carbonyl (C=O) groups is 3. The van der Waals surface area contributed by atoms with E-state index in [1.54, 1.807) is 17.9 Å². The summed E-state index contributed by atoms with van der Waals surface area (Å²) >= 11 is 1.36. The van der Waals surface area contributed by atoms with Crippen LogP contribution in [0.15, 0.2) is 29.2 Å². The second kappa shape index (κ2) is 8.44. The molecule has 1 aromatic carbocycles. The Hall–Kier alpha value is -2.11. The number of rotatable bonds is 5. The molecule has 3 heterocycles. The summed E-state index contributed by atoms with van der Waals surface area (Å²) in [6.07, 6.45) is 0.665. The van der Waals surface area contributed by atoms with Crippen LogP contribution in [-0.4, -0.2) is 91.1 Å². The Morgan fingerprint density at radius 2 is 1.90 bits per heavy atom. The summed E-state index contributed by atoms with van der Waals surface area (Å²) in [7, 11) is -2.93. The van der Waals surface area contributed by atoms with Gasteiger partial charge in [-0.05, 0) is 25.5 Å². The number of amides is 4. The van der Waals surface area contributed by atoms with Crippen molar-refractivity contribution in [2.45, 2.75) is 29.8 Å². The lowest BCUT2D eigenvalue weighted by Crippen LogP contribution is -2.52.